The molecule has 0 radical (unpaired) electrons. The van der Waals surface area contributed by atoms with Crippen LogP contribution in [0.15, 0.2) is 11.5 Å². The highest BCUT2D eigenvalue weighted by Crippen LogP contribution is 2.22. The molecule has 4 heteroatoms. The van der Waals surface area contributed by atoms with E-state index in [1.54, 1.807) is 6.07 Å². The second-order valence-corrected chi connectivity index (χ2v) is 3.45. The van der Waals surface area contributed by atoms with Gasteiger partial charge in [-0.25, -0.2) is 0 Å². The molecule has 70 valence electrons. The minimum Gasteiger partial charge on any atom is -0.467 e. The Balaban J connectivity index is 2.72. The molecule has 0 aliphatic carbocycles. The minimum absolute atomic E-state index is 0.0295. The number of ether oxygens (including phenoxy) is 1. The number of hydrogen-bond acceptors (Lipinski definition) is 4. The maximum Gasteiger partial charge on any atom is 0.219 e. The van der Waals surface area contributed by atoms with Gasteiger partial charge in [-0.2, -0.15) is 5.26 Å². The molecule has 2 N–H and O–H groups in total. The SMILES string of the molecule is CC(C)CC1OC(N)=C(C#N)C1=O. The molecule has 1 rings (SSSR count). The Bertz CT molecular complexity index is 299. The van der Waals surface area contributed by atoms with E-state index >= 15 is 0 Å². The van der Waals surface area contributed by atoms with Crippen LogP contribution >= 0.6 is 0 Å². The number of ketones is 1. The second kappa shape index (κ2) is 3.48. The van der Waals surface area contributed by atoms with E-state index in [0.717, 1.165) is 0 Å². The van der Waals surface area contributed by atoms with Crippen molar-refractivity contribution in [3.8, 4) is 6.07 Å². The largest absolute Gasteiger partial charge is 0.467 e. The fourth-order valence-corrected chi connectivity index (χ4v) is 1.24. The van der Waals surface area contributed by atoms with Gasteiger partial charge in [0.1, 0.15) is 6.07 Å². The quantitative estimate of drug-likeness (QED) is 0.678. The number of carbonyl (C=O) groups excluding carboxylic acids is 1. The van der Waals surface area contributed by atoms with Crippen LogP contribution in [0, 0.1) is 17.2 Å². The Labute approximate surface area is 77.0 Å². The second-order valence-electron chi connectivity index (χ2n) is 3.45. The van der Waals surface area contributed by atoms with Crippen LogP contribution in [0.4, 0.5) is 0 Å². The number of carbonyl (C=O) groups is 1. The van der Waals surface area contributed by atoms with E-state index in [0.29, 0.717) is 12.3 Å². The molecule has 0 aromatic rings. The predicted molar refractivity (Wildman–Crippen MR) is 46.2 cm³/mol. The van der Waals surface area contributed by atoms with Crippen LogP contribution in [0.5, 0.6) is 0 Å². The summed E-state index contributed by atoms with van der Waals surface area (Å²) in [6.07, 6.45) is 0.0553. The van der Waals surface area contributed by atoms with E-state index in [1.807, 2.05) is 13.8 Å². The van der Waals surface area contributed by atoms with Gasteiger partial charge >= 0.3 is 0 Å². The third-order valence-corrected chi connectivity index (χ3v) is 1.85. The molecule has 0 aromatic heterocycles. The maximum atomic E-state index is 11.4. The summed E-state index contributed by atoms with van der Waals surface area (Å²) in [6, 6.07) is 1.75. The molecule has 0 amide bonds. The Morgan fingerprint density at radius 3 is 2.69 bits per heavy atom. The average Bonchev–Trinajstić information content (AvgIpc) is 2.26. The summed E-state index contributed by atoms with van der Waals surface area (Å²) in [7, 11) is 0. The maximum absolute atomic E-state index is 11.4. The summed E-state index contributed by atoms with van der Waals surface area (Å²) in [5, 5.41) is 8.57. The Hall–Kier alpha value is -1.50. The van der Waals surface area contributed by atoms with Crippen molar-refractivity contribution in [2.45, 2.75) is 26.4 Å². The van der Waals surface area contributed by atoms with Crippen molar-refractivity contribution in [2.75, 3.05) is 0 Å². The van der Waals surface area contributed by atoms with Crippen LogP contribution < -0.4 is 5.73 Å². The number of nitrogens with two attached hydrogens (primary N) is 1. The first-order chi connectivity index (χ1) is 6.06. The highest BCUT2D eigenvalue weighted by Gasteiger charge is 2.34. The number of Topliss-reactive ketones (excluding diaryl/α,β-unsaturated/α-hetero) is 1. The van der Waals surface area contributed by atoms with Gasteiger partial charge in [0, 0.05) is 0 Å². The molecule has 1 heterocycles. The molecule has 0 aromatic carbocycles. The Kier molecular flexibility index (Phi) is 2.57. The van der Waals surface area contributed by atoms with Gasteiger partial charge in [-0.3, -0.25) is 4.79 Å². The summed E-state index contributed by atoms with van der Waals surface area (Å²) in [5.41, 5.74) is 5.32. The van der Waals surface area contributed by atoms with Crippen molar-refractivity contribution in [1.29, 1.82) is 5.26 Å². The number of nitriles is 1. The lowest BCUT2D eigenvalue weighted by Crippen LogP contribution is -2.20. The van der Waals surface area contributed by atoms with Crippen molar-refractivity contribution in [3.05, 3.63) is 11.5 Å². The van der Waals surface area contributed by atoms with Crippen LogP contribution in [0.3, 0.4) is 0 Å². The zero-order chi connectivity index (χ0) is 10.0. The fourth-order valence-electron chi connectivity index (χ4n) is 1.24. The van der Waals surface area contributed by atoms with Gasteiger partial charge in [-0.1, -0.05) is 13.8 Å². The van der Waals surface area contributed by atoms with Gasteiger partial charge in [-0.05, 0) is 12.3 Å². The standard InChI is InChI=1S/C9H12N2O2/c1-5(2)3-7-8(12)6(4-10)9(11)13-7/h5,7H,3,11H2,1-2H3. The van der Waals surface area contributed by atoms with E-state index < -0.39 is 6.10 Å². The lowest BCUT2D eigenvalue weighted by molar-refractivity contribution is -0.121. The molecule has 0 bridgehead atoms. The van der Waals surface area contributed by atoms with Gasteiger partial charge in [0.25, 0.3) is 0 Å². The van der Waals surface area contributed by atoms with Crippen molar-refractivity contribution in [2.24, 2.45) is 11.7 Å². The van der Waals surface area contributed by atoms with Crippen LogP contribution in [0.25, 0.3) is 0 Å². The molecule has 0 spiro atoms. The van der Waals surface area contributed by atoms with E-state index in [4.69, 9.17) is 15.7 Å². The van der Waals surface area contributed by atoms with Gasteiger partial charge in [0.2, 0.25) is 11.7 Å². The highest BCUT2D eigenvalue weighted by molar-refractivity contribution is 6.04. The molecule has 0 saturated carbocycles. The van der Waals surface area contributed by atoms with Crippen LogP contribution in [0.1, 0.15) is 20.3 Å². The van der Waals surface area contributed by atoms with Crippen molar-refractivity contribution in [1.82, 2.24) is 0 Å². The number of rotatable bonds is 2. The summed E-state index contributed by atoms with van der Waals surface area (Å²) in [4.78, 5) is 11.4. The molecule has 1 aliphatic rings. The topological polar surface area (TPSA) is 76.1 Å². The first kappa shape index (κ1) is 9.59. The number of nitrogens with zero attached hydrogens (tertiary/aromatic N) is 1. The Morgan fingerprint density at radius 2 is 2.31 bits per heavy atom. The molecule has 1 aliphatic heterocycles. The minimum atomic E-state index is -0.547. The van der Waals surface area contributed by atoms with Crippen molar-refractivity contribution < 1.29 is 9.53 Å². The molecule has 1 atom stereocenters. The number of hydrogen-bond donors (Lipinski definition) is 1. The molecule has 0 fully saturated rings. The van der Waals surface area contributed by atoms with E-state index in [9.17, 15) is 4.79 Å². The highest BCUT2D eigenvalue weighted by atomic mass is 16.5. The third-order valence-electron chi connectivity index (χ3n) is 1.85. The Morgan fingerprint density at radius 1 is 1.69 bits per heavy atom. The molecular formula is C9H12N2O2. The van der Waals surface area contributed by atoms with Gasteiger partial charge in [0.05, 0.1) is 0 Å². The summed E-state index contributed by atoms with van der Waals surface area (Å²) < 4.78 is 5.07. The van der Waals surface area contributed by atoms with Gasteiger partial charge in [0.15, 0.2) is 11.7 Å². The lowest BCUT2D eigenvalue weighted by Gasteiger charge is -2.11. The normalized spacial score (nSPS) is 22.0. The average molecular weight is 180 g/mol. The lowest BCUT2D eigenvalue weighted by atomic mass is 10.0. The fraction of sp³-hybridized carbons (Fsp3) is 0.556. The van der Waals surface area contributed by atoms with Crippen LogP contribution in [0.2, 0.25) is 0 Å². The molecule has 13 heavy (non-hydrogen) atoms. The predicted octanol–water partition coefficient (Wildman–Crippen LogP) is 0.694. The summed E-state index contributed by atoms with van der Waals surface area (Å²) >= 11 is 0. The first-order valence-electron chi connectivity index (χ1n) is 4.17. The van der Waals surface area contributed by atoms with Gasteiger partial charge < -0.3 is 10.5 Å². The molecule has 1 unspecified atom stereocenters. The van der Waals surface area contributed by atoms with Crippen molar-refractivity contribution in [3.63, 3.8) is 0 Å². The molecular weight excluding hydrogens is 168 g/mol. The summed E-state index contributed by atoms with van der Waals surface area (Å²) in [6.45, 7) is 3.97. The van der Waals surface area contributed by atoms with Crippen LogP contribution in [-0.2, 0) is 9.53 Å². The van der Waals surface area contributed by atoms with E-state index in [2.05, 4.69) is 0 Å². The van der Waals surface area contributed by atoms with E-state index in [-0.39, 0.29) is 17.2 Å². The smallest absolute Gasteiger partial charge is 0.219 e. The van der Waals surface area contributed by atoms with Crippen molar-refractivity contribution >= 4 is 5.78 Å². The molecule has 4 nitrogen and oxygen atoms in total. The van der Waals surface area contributed by atoms with Crippen LogP contribution in [-0.4, -0.2) is 11.9 Å². The zero-order valence-corrected chi connectivity index (χ0v) is 7.70. The zero-order valence-electron chi connectivity index (χ0n) is 7.70. The monoisotopic (exact) mass is 180 g/mol. The third kappa shape index (κ3) is 1.81. The first-order valence-corrected chi connectivity index (χ1v) is 4.17. The molecule has 0 saturated heterocycles. The van der Waals surface area contributed by atoms with Gasteiger partial charge in [-0.15, -0.1) is 0 Å². The summed E-state index contributed by atoms with van der Waals surface area (Å²) in [5.74, 6) is 0.0339. The van der Waals surface area contributed by atoms with E-state index in [1.165, 1.54) is 0 Å².